The van der Waals surface area contributed by atoms with Crippen molar-refractivity contribution in [3.8, 4) is 0 Å². The van der Waals surface area contributed by atoms with Crippen LogP contribution in [0.25, 0.3) is 0 Å². The molecule has 0 aliphatic heterocycles. The van der Waals surface area contributed by atoms with Gasteiger partial charge in [0.05, 0.1) is 11.5 Å². The number of aliphatic hydroxyl groups is 1. The molecule has 2 saturated carbocycles. The van der Waals surface area contributed by atoms with E-state index in [1.54, 1.807) is 0 Å². The second-order valence-electron chi connectivity index (χ2n) is 9.61. The van der Waals surface area contributed by atoms with Crippen LogP contribution < -0.4 is 0 Å². The van der Waals surface area contributed by atoms with Gasteiger partial charge < -0.3 is 9.84 Å². The Bertz CT molecular complexity index is 498. The first-order valence-corrected chi connectivity index (χ1v) is 9.59. The summed E-state index contributed by atoms with van der Waals surface area (Å²) in [5, 5.41) is 10.9. The lowest BCUT2D eigenvalue weighted by Gasteiger charge is -2.51. The summed E-state index contributed by atoms with van der Waals surface area (Å²) in [6, 6.07) is 0. The van der Waals surface area contributed by atoms with Gasteiger partial charge in [0.15, 0.2) is 0 Å². The molecule has 0 heterocycles. The fourth-order valence-electron chi connectivity index (χ4n) is 4.67. The fraction of sp³-hybridized carbons (Fsp3) is 0.857. The first-order chi connectivity index (χ1) is 11.0. The van der Waals surface area contributed by atoms with E-state index < -0.39 is 11.2 Å². The maximum Gasteiger partial charge on any atom is 0.313 e. The summed E-state index contributed by atoms with van der Waals surface area (Å²) in [6.07, 6.45) is 8.30. The Morgan fingerprint density at radius 2 is 2.00 bits per heavy atom. The number of hydrogen-bond donors (Lipinski definition) is 1. The van der Waals surface area contributed by atoms with Crippen molar-refractivity contribution in [2.24, 2.45) is 17.3 Å². The lowest BCUT2D eigenvalue weighted by Crippen LogP contribution is -2.53. The first-order valence-electron chi connectivity index (χ1n) is 9.59. The molecule has 0 radical (unpaired) electrons. The van der Waals surface area contributed by atoms with Gasteiger partial charge in [0.2, 0.25) is 0 Å². The van der Waals surface area contributed by atoms with Crippen LogP contribution in [0.15, 0.2) is 11.6 Å². The molecule has 3 nitrogen and oxygen atoms in total. The molecule has 4 atom stereocenters. The predicted molar refractivity (Wildman–Crippen MR) is 97.6 cm³/mol. The van der Waals surface area contributed by atoms with Crippen molar-refractivity contribution in [3.05, 3.63) is 11.6 Å². The molecule has 0 amide bonds. The minimum Gasteiger partial charge on any atom is -0.458 e. The molecule has 2 bridgehead atoms. The van der Waals surface area contributed by atoms with Crippen molar-refractivity contribution < 1.29 is 14.6 Å². The third kappa shape index (κ3) is 4.41. The molecule has 2 fully saturated rings. The van der Waals surface area contributed by atoms with Crippen LogP contribution in [0.4, 0.5) is 0 Å². The van der Waals surface area contributed by atoms with Gasteiger partial charge in [-0.1, -0.05) is 45.8 Å². The Kier molecular flexibility index (Phi) is 5.54. The lowest BCUT2D eigenvalue weighted by atomic mass is 9.62. The smallest absolute Gasteiger partial charge is 0.313 e. The van der Waals surface area contributed by atoms with E-state index in [0.29, 0.717) is 12.3 Å². The Hall–Kier alpha value is -0.830. The molecule has 2 aliphatic carbocycles. The summed E-state index contributed by atoms with van der Waals surface area (Å²) < 4.78 is 6.19. The number of esters is 1. The number of carbonyl (C=O) groups excluding carboxylic acids is 1. The van der Waals surface area contributed by atoms with Crippen LogP contribution in [-0.2, 0) is 9.53 Å². The summed E-state index contributed by atoms with van der Waals surface area (Å²) in [5.74, 6) is 0.125. The van der Waals surface area contributed by atoms with E-state index in [4.69, 9.17) is 4.74 Å². The number of fused-ring (bicyclic) bond motifs is 2. The molecule has 2 aliphatic rings. The van der Waals surface area contributed by atoms with Gasteiger partial charge in [0, 0.05) is 6.42 Å². The molecule has 0 aromatic rings. The van der Waals surface area contributed by atoms with Crippen molar-refractivity contribution in [2.75, 3.05) is 0 Å². The number of rotatable bonds is 4. The molecule has 138 valence electrons. The number of hydrogen-bond acceptors (Lipinski definition) is 3. The molecule has 0 spiro atoms. The fourth-order valence-corrected chi connectivity index (χ4v) is 4.67. The number of allylic oxidation sites excluding steroid dienone is 1. The van der Waals surface area contributed by atoms with Gasteiger partial charge in [-0.15, -0.1) is 0 Å². The van der Waals surface area contributed by atoms with Gasteiger partial charge in [-0.2, -0.15) is 0 Å². The zero-order chi connectivity index (χ0) is 18.2. The number of carbonyl (C=O) groups is 1. The van der Waals surface area contributed by atoms with Gasteiger partial charge in [-0.05, 0) is 57.3 Å². The van der Waals surface area contributed by atoms with Crippen LogP contribution in [0.5, 0.6) is 0 Å². The van der Waals surface area contributed by atoms with Crippen molar-refractivity contribution >= 4 is 5.97 Å². The van der Waals surface area contributed by atoms with Crippen LogP contribution in [0.2, 0.25) is 0 Å². The summed E-state index contributed by atoms with van der Waals surface area (Å²) in [7, 11) is 0. The molecule has 24 heavy (non-hydrogen) atoms. The molecule has 0 aromatic heterocycles. The maximum absolute atomic E-state index is 13.0. The van der Waals surface area contributed by atoms with Crippen LogP contribution in [0.1, 0.15) is 86.5 Å². The lowest BCUT2D eigenvalue weighted by molar-refractivity contribution is -0.193. The highest BCUT2D eigenvalue weighted by atomic mass is 16.6. The third-order valence-electron chi connectivity index (χ3n) is 5.89. The van der Waals surface area contributed by atoms with Gasteiger partial charge in [-0.25, -0.2) is 0 Å². The van der Waals surface area contributed by atoms with Crippen LogP contribution in [0.3, 0.4) is 0 Å². The highest BCUT2D eigenvalue weighted by molar-refractivity contribution is 5.76. The molecule has 1 N–H and O–H groups in total. The van der Waals surface area contributed by atoms with Crippen LogP contribution >= 0.6 is 0 Å². The Morgan fingerprint density at radius 3 is 2.54 bits per heavy atom. The largest absolute Gasteiger partial charge is 0.458 e. The Morgan fingerprint density at radius 1 is 1.33 bits per heavy atom. The van der Waals surface area contributed by atoms with Gasteiger partial charge in [0.1, 0.15) is 5.60 Å². The van der Waals surface area contributed by atoms with E-state index in [1.807, 2.05) is 26.8 Å². The molecule has 3 heteroatoms. The minimum atomic E-state index is -0.669. The molecule has 4 unspecified atom stereocenters. The average molecular weight is 337 g/mol. The molecule has 0 saturated heterocycles. The molecule has 0 aromatic carbocycles. The summed E-state index contributed by atoms with van der Waals surface area (Å²) in [4.78, 5) is 13.0. The van der Waals surface area contributed by atoms with E-state index in [2.05, 4.69) is 20.8 Å². The Balaban J connectivity index is 2.23. The Labute approximate surface area is 147 Å². The van der Waals surface area contributed by atoms with E-state index in [-0.39, 0.29) is 17.3 Å². The second kappa shape index (κ2) is 6.82. The molecular weight excluding hydrogens is 300 g/mol. The van der Waals surface area contributed by atoms with E-state index >= 15 is 0 Å². The zero-order valence-electron chi connectivity index (χ0n) is 16.4. The normalized spacial score (nSPS) is 34.4. The van der Waals surface area contributed by atoms with E-state index in [1.165, 1.54) is 0 Å². The van der Waals surface area contributed by atoms with Gasteiger partial charge in [-0.3, -0.25) is 4.79 Å². The quantitative estimate of drug-likeness (QED) is 0.579. The topological polar surface area (TPSA) is 46.5 Å². The van der Waals surface area contributed by atoms with E-state index in [9.17, 15) is 9.90 Å². The first kappa shape index (κ1) is 19.5. The van der Waals surface area contributed by atoms with Gasteiger partial charge >= 0.3 is 5.97 Å². The van der Waals surface area contributed by atoms with Crippen molar-refractivity contribution in [2.45, 2.75) is 97.7 Å². The third-order valence-corrected chi connectivity index (χ3v) is 5.89. The SMILES string of the molecule is CCC1(O)CC2CCCC(OC(=O)C(C=C(C)C)C(C)(C)C)(C2)C1. The van der Waals surface area contributed by atoms with Crippen LogP contribution in [-0.4, -0.2) is 22.3 Å². The summed E-state index contributed by atoms with van der Waals surface area (Å²) in [5.41, 5.74) is -0.159. The van der Waals surface area contributed by atoms with E-state index in [0.717, 1.165) is 44.1 Å². The predicted octanol–water partition coefficient (Wildman–Crippen LogP) is 5.02. The number of ether oxygens (including phenoxy) is 1. The summed E-state index contributed by atoms with van der Waals surface area (Å²) in [6.45, 7) is 12.3. The molecule has 2 rings (SSSR count). The van der Waals surface area contributed by atoms with Gasteiger partial charge in [0.25, 0.3) is 0 Å². The van der Waals surface area contributed by atoms with Crippen LogP contribution in [0, 0.1) is 17.3 Å². The second-order valence-corrected chi connectivity index (χ2v) is 9.61. The average Bonchev–Trinajstić information content (AvgIpc) is 2.42. The maximum atomic E-state index is 13.0. The zero-order valence-corrected chi connectivity index (χ0v) is 16.4. The monoisotopic (exact) mass is 336 g/mol. The van der Waals surface area contributed by atoms with Crippen molar-refractivity contribution in [1.29, 1.82) is 0 Å². The van der Waals surface area contributed by atoms with Crippen molar-refractivity contribution in [1.82, 2.24) is 0 Å². The highest BCUT2D eigenvalue weighted by Gasteiger charge is 2.51. The summed E-state index contributed by atoms with van der Waals surface area (Å²) >= 11 is 0. The minimum absolute atomic E-state index is 0.121. The standard InChI is InChI=1S/C21H36O3/c1-7-20(23)12-16-9-8-10-21(13-16,14-20)24-18(22)17(11-15(2)3)19(4,5)6/h11,16-17,23H,7-10,12-14H2,1-6H3. The molecular formula is C21H36O3. The van der Waals surface area contributed by atoms with Crippen molar-refractivity contribution in [3.63, 3.8) is 0 Å². The highest BCUT2D eigenvalue weighted by Crippen LogP contribution is 2.50.